The number of hydrogen-bond acceptors (Lipinski definition) is 4. The van der Waals surface area contributed by atoms with E-state index in [1.165, 1.54) is 7.11 Å². The molecule has 4 heteroatoms. The van der Waals surface area contributed by atoms with Crippen LogP contribution in [0.25, 0.3) is 10.9 Å². The Labute approximate surface area is 122 Å². The molecule has 0 bridgehead atoms. The number of carbonyl (C=O) groups excluding carboxylic acids is 1. The standard InChI is InChI=1S/C17H13NO3/c1-20-17-13(11-19)9-12-7-8-15(10-16(12)18-17)21-14-5-3-2-4-6-14/h2-11H,1H3. The molecule has 4 nitrogen and oxygen atoms in total. The van der Waals surface area contributed by atoms with Gasteiger partial charge in [0.25, 0.3) is 0 Å². The maximum Gasteiger partial charge on any atom is 0.224 e. The summed E-state index contributed by atoms with van der Waals surface area (Å²) in [7, 11) is 1.49. The van der Waals surface area contributed by atoms with Crippen LogP contribution in [-0.4, -0.2) is 18.4 Å². The van der Waals surface area contributed by atoms with Gasteiger partial charge in [-0.05, 0) is 30.3 Å². The summed E-state index contributed by atoms with van der Waals surface area (Å²) in [5.74, 6) is 1.75. The molecule has 0 unspecified atom stereocenters. The highest BCUT2D eigenvalue weighted by molar-refractivity contribution is 5.89. The van der Waals surface area contributed by atoms with Crippen LogP contribution in [-0.2, 0) is 0 Å². The quantitative estimate of drug-likeness (QED) is 0.681. The van der Waals surface area contributed by atoms with E-state index in [1.807, 2.05) is 48.5 Å². The zero-order valence-corrected chi connectivity index (χ0v) is 11.4. The van der Waals surface area contributed by atoms with Crippen molar-refractivity contribution in [2.45, 2.75) is 0 Å². The van der Waals surface area contributed by atoms with E-state index in [0.717, 1.165) is 17.4 Å². The van der Waals surface area contributed by atoms with Crippen molar-refractivity contribution >= 4 is 17.2 Å². The summed E-state index contributed by atoms with van der Waals surface area (Å²) in [6, 6.07) is 16.8. The highest BCUT2D eigenvalue weighted by Crippen LogP contribution is 2.27. The number of rotatable bonds is 4. The second kappa shape index (κ2) is 5.63. The Morgan fingerprint density at radius 3 is 2.52 bits per heavy atom. The van der Waals surface area contributed by atoms with E-state index in [0.29, 0.717) is 22.7 Å². The Morgan fingerprint density at radius 2 is 1.81 bits per heavy atom. The Kier molecular flexibility index (Phi) is 3.51. The molecule has 0 aliphatic rings. The van der Waals surface area contributed by atoms with Gasteiger partial charge in [-0.2, -0.15) is 0 Å². The topological polar surface area (TPSA) is 48.4 Å². The highest BCUT2D eigenvalue weighted by Gasteiger charge is 2.07. The van der Waals surface area contributed by atoms with E-state index >= 15 is 0 Å². The van der Waals surface area contributed by atoms with E-state index in [-0.39, 0.29) is 0 Å². The molecule has 104 valence electrons. The van der Waals surface area contributed by atoms with Crippen LogP contribution in [0, 0.1) is 0 Å². The maximum absolute atomic E-state index is 11.0. The Balaban J connectivity index is 2.01. The summed E-state index contributed by atoms with van der Waals surface area (Å²) in [4.78, 5) is 15.3. The molecule has 2 aromatic carbocycles. The van der Waals surface area contributed by atoms with Crippen molar-refractivity contribution in [1.29, 1.82) is 0 Å². The molecule has 0 fully saturated rings. The number of aromatic nitrogens is 1. The number of ether oxygens (including phenoxy) is 2. The van der Waals surface area contributed by atoms with Crippen LogP contribution in [0.1, 0.15) is 10.4 Å². The molecule has 0 aliphatic heterocycles. The third-order valence-corrected chi connectivity index (χ3v) is 3.08. The Hall–Kier alpha value is -2.88. The monoisotopic (exact) mass is 279 g/mol. The summed E-state index contributed by atoms with van der Waals surface area (Å²) < 4.78 is 10.9. The molecule has 0 amide bonds. The number of para-hydroxylation sites is 1. The minimum Gasteiger partial charge on any atom is -0.480 e. The Morgan fingerprint density at radius 1 is 1.00 bits per heavy atom. The average molecular weight is 279 g/mol. The van der Waals surface area contributed by atoms with Gasteiger partial charge in [0, 0.05) is 11.5 Å². The van der Waals surface area contributed by atoms with E-state index in [4.69, 9.17) is 9.47 Å². The van der Waals surface area contributed by atoms with Crippen molar-refractivity contribution in [2.75, 3.05) is 7.11 Å². The van der Waals surface area contributed by atoms with Crippen LogP contribution < -0.4 is 9.47 Å². The Bertz CT molecular complexity index is 785. The number of benzene rings is 2. The minimum atomic E-state index is 0.314. The van der Waals surface area contributed by atoms with Crippen LogP contribution in [0.5, 0.6) is 17.4 Å². The van der Waals surface area contributed by atoms with Gasteiger partial charge in [-0.1, -0.05) is 18.2 Å². The number of methoxy groups -OCH3 is 1. The predicted molar refractivity (Wildman–Crippen MR) is 80.2 cm³/mol. The average Bonchev–Trinajstić information content (AvgIpc) is 2.54. The number of carbonyl (C=O) groups is 1. The molecular weight excluding hydrogens is 266 g/mol. The fourth-order valence-corrected chi connectivity index (χ4v) is 2.08. The van der Waals surface area contributed by atoms with Gasteiger partial charge in [0.1, 0.15) is 11.5 Å². The first-order chi connectivity index (χ1) is 10.3. The van der Waals surface area contributed by atoms with Crippen LogP contribution in [0.15, 0.2) is 54.6 Å². The third-order valence-electron chi connectivity index (χ3n) is 3.08. The second-order valence-corrected chi connectivity index (χ2v) is 4.47. The van der Waals surface area contributed by atoms with Crippen LogP contribution in [0.3, 0.4) is 0 Å². The first-order valence-corrected chi connectivity index (χ1v) is 6.47. The van der Waals surface area contributed by atoms with Gasteiger partial charge in [0.05, 0.1) is 18.2 Å². The molecule has 0 saturated heterocycles. The number of aldehydes is 1. The molecule has 0 N–H and O–H groups in total. The minimum absolute atomic E-state index is 0.314. The lowest BCUT2D eigenvalue weighted by molar-refractivity contribution is 0.112. The van der Waals surface area contributed by atoms with Crippen molar-refractivity contribution in [3.05, 3.63) is 60.2 Å². The van der Waals surface area contributed by atoms with Gasteiger partial charge >= 0.3 is 0 Å². The lowest BCUT2D eigenvalue weighted by Crippen LogP contribution is -1.95. The van der Waals surface area contributed by atoms with Crippen molar-refractivity contribution in [3.8, 4) is 17.4 Å². The van der Waals surface area contributed by atoms with Crippen molar-refractivity contribution in [3.63, 3.8) is 0 Å². The normalized spacial score (nSPS) is 10.3. The largest absolute Gasteiger partial charge is 0.480 e. The molecule has 0 aliphatic carbocycles. The van der Waals surface area contributed by atoms with Gasteiger partial charge in [0.15, 0.2) is 6.29 Å². The number of fused-ring (bicyclic) bond motifs is 1. The molecule has 3 rings (SSSR count). The summed E-state index contributed by atoms with van der Waals surface area (Å²) in [6.07, 6.45) is 0.736. The zero-order valence-electron chi connectivity index (χ0n) is 11.4. The summed E-state index contributed by atoms with van der Waals surface area (Å²) in [5.41, 5.74) is 1.15. The number of nitrogens with zero attached hydrogens (tertiary/aromatic N) is 1. The first kappa shape index (κ1) is 13.1. The van der Waals surface area contributed by atoms with Crippen molar-refractivity contribution < 1.29 is 14.3 Å². The molecule has 0 atom stereocenters. The predicted octanol–water partition coefficient (Wildman–Crippen LogP) is 3.85. The first-order valence-electron chi connectivity index (χ1n) is 6.47. The van der Waals surface area contributed by atoms with Crippen LogP contribution in [0.2, 0.25) is 0 Å². The smallest absolute Gasteiger partial charge is 0.224 e. The fraction of sp³-hybridized carbons (Fsp3) is 0.0588. The van der Waals surface area contributed by atoms with E-state index < -0.39 is 0 Å². The number of hydrogen-bond donors (Lipinski definition) is 0. The van der Waals surface area contributed by atoms with E-state index in [1.54, 1.807) is 6.07 Å². The highest BCUT2D eigenvalue weighted by atomic mass is 16.5. The molecule has 1 heterocycles. The molecular formula is C17H13NO3. The van der Waals surface area contributed by atoms with Gasteiger partial charge in [0.2, 0.25) is 5.88 Å². The molecule has 0 radical (unpaired) electrons. The lowest BCUT2D eigenvalue weighted by Gasteiger charge is -2.08. The SMILES string of the molecule is COc1nc2cc(Oc3ccccc3)ccc2cc1C=O. The molecule has 0 spiro atoms. The van der Waals surface area contributed by atoms with Crippen molar-refractivity contribution in [1.82, 2.24) is 4.98 Å². The molecule has 1 aromatic heterocycles. The number of pyridine rings is 1. The lowest BCUT2D eigenvalue weighted by atomic mass is 10.1. The zero-order chi connectivity index (χ0) is 14.7. The molecule has 21 heavy (non-hydrogen) atoms. The van der Waals surface area contributed by atoms with Gasteiger partial charge < -0.3 is 9.47 Å². The van der Waals surface area contributed by atoms with Crippen LogP contribution >= 0.6 is 0 Å². The third kappa shape index (κ3) is 2.69. The summed E-state index contributed by atoms with van der Waals surface area (Å²) >= 11 is 0. The molecule has 0 saturated carbocycles. The maximum atomic E-state index is 11.0. The molecule has 3 aromatic rings. The van der Waals surface area contributed by atoms with E-state index in [2.05, 4.69) is 4.98 Å². The fourth-order valence-electron chi connectivity index (χ4n) is 2.08. The summed E-state index contributed by atoms with van der Waals surface area (Å²) in [6.45, 7) is 0. The second-order valence-electron chi connectivity index (χ2n) is 4.47. The van der Waals surface area contributed by atoms with Gasteiger partial charge in [-0.3, -0.25) is 4.79 Å². The van der Waals surface area contributed by atoms with Crippen LogP contribution in [0.4, 0.5) is 0 Å². The van der Waals surface area contributed by atoms with Gasteiger partial charge in [-0.15, -0.1) is 0 Å². The summed E-state index contributed by atoms with van der Waals surface area (Å²) in [5, 5.41) is 0.860. The van der Waals surface area contributed by atoms with Crippen molar-refractivity contribution in [2.24, 2.45) is 0 Å². The van der Waals surface area contributed by atoms with E-state index in [9.17, 15) is 4.79 Å². The van der Waals surface area contributed by atoms with Gasteiger partial charge in [-0.25, -0.2) is 4.98 Å².